The van der Waals surface area contributed by atoms with Gasteiger partial charge in [0.15, 0.2) is 5.01 Å². The van der Waals surface area contributed by atoms with Gasteiger partial charge in [-0.2, -0.15) is 17.9 Å². The Morgan fingerprint density at radius 3 is 2.33 bits per heavy atom. The molecule has 0 spiro atoms. The summed E-state index contributed by atoms with van der Waals surface area (Å²) in [5.41, 5.74) is -1.24. The minimum atomic E-state index is -4.84. The topological polar surface area (TPSA) is 129 Å². The number of likely N-dealkylation sites (tertiary alicyclic amines) is 1. The number of aromatic nitrogens is 1. The van der Waals surface area contributed by atoms with Crippen molar-refractivity contribution < 1.29 is 36.3 Å². The van der Waals surface area contributed by atoms with Crippen LogP contribution < -0.4 is 10.0 Å². The van der Waals surface area contributed by atoms with Crippen LogP contribution in [0.25, 0.3) is 10.4 Å². The van der Waals surface area contributed by atoms with Gasteiger partial charge in [-0.15, -0.1) is 11.3 Å². The van der Waals surface area contributed by atoms with Gasteiger partial charge in [-0.1, -0.05) is 29.3 Å². The predicted molar refractivity (Wildman–Crippen MR) is 142 cm³/mol. The van der Waals surface area contributed by atoms with Gasteiger partial charge in [-0.05, 0) is 46.1 Å². The number of nitrogens with zero attached hydrogens (tertiary/aromatic N) is 2. The summed E-state index contributed by atoms with van der Waals surface area (Å²) >= 11 is 13.4. The van der Waals surface area contributed by atoms with Gasteiger partial charge in [0, 0.05) is 25.2 Å². The molecule has 1 aromatic heterocycles. The highest BCUT2D eigenvalue weighted by atomic mass is 35.5. The van der Waals surface area contributed by atoms with E-state index in [9.17, 15) is 36.3 Å². The Morgan fingerprint density at radius 2 is 1.77 bits per heavy atom. The van der Waals surface area contributed by atoms with E-state index in [2.05, 4.69) is 10.3 Å². The van der Waals surface area contributed by atoms with Crippen molar-refractivity contribution in [2.45, 2.75) is 62.7 Å². The lowest BCUT2D eigenvalue weighted by Crippen LogP contribution is -2.43. The smallest absolute Gasteiger partial charge is 0.389 e. The van der Waals surface area contributed by atoms with Crippen molar-refractivity contribution in [3.05, 3.63) is 32.9 Å². The van der Waals surface area contributed by atoms with Crippen molar-refractivity contribution in [3.8, 4) is 10.4 Å². The molecular formula is C23H27Cl2F3N4O5S2. The van der Waals surface area contributed by atoms with Crippen LogP contribution in [0.4, 0.5) is 13.2 Å². The second kappa shape index (κ2) is 11.9. The third kappa shape index (κ3) is 7.61. The highest BCUT2D eigenvalue weighted by Gasteiger charge is 2.39. The van der Waals surface area contributed by atoms with Gasteiger partial charge in [0.05, 0.1) is 20.5 Å². The Morgan fingerprint density at radius 1 is 1.15 bits per heavy atom. The molecule has 16 heteroatoms. The minimum absolute atomic E-state index is 0.0730. The van der Waals surface area contributed by atoms with E-state index in [0.717, 1.165) is 36.7 Å². The highest BCUT2D eigenvalue weighted by Crippen LogP contribution is 2.42. The number of alkyl halides is 3. The normalized spacial score (nSPS) is 15.8. The van der Waals surface area contributed by atoms with Gasteiger partial charge in [-0.25, -0.2) is 13.4 Å². The summed E-state index contributed by atoms with van der Waals surface area (Å²) in [5, 5.41) is 11.4. The molecule has 3 N–H and O–H groups in total. The van der Waals surface area contributed by atoms with E-state index in [1.165, 1.54) is 24.6 Å². The molecule has 1 aliphatic heterocycles. The quantitative estimate of drug-likeness (QED) is 0.395. The largest absolute Gasteiger partial charge is 0.404 e. The van der Waals surface area contributed by atoms with Gasteiger partial charge in [-0.3, -0.25) is 9.59 Å². The number of nitrogens with one attached hydrogen (secondary N) is 2. The van der Waals surface area contributed by atoms with Crippen molar-refractivity contribution in [1.82, 2.24) is 19.9 Å². The molecule has 9 nitrogen and oxygen atoms in total. The zero-order chi connectivity index (χ0) is 29.3. The second-order valence-corrected chi connectivity index (χ2v) is 13.1. The van der Waals surface area contributed by atoms with E-state index in [0.29, 0.717) is 20.0 Å². The number of carbonyl (C=O) groups excluding carboxylic acids is 2. The van der Waals surface area contributed by atoms with Crippen molar-refractivity contribution in [2.75, 3.05) is 19.6 Å². The number of benzene rings is 1. The Kier molecular flexibility index (Phi) is 9.60. The molecule has 1 aromatic carbocycles. The standard InChI is InChI=1S/C23H27Cl2F3N4O5S2/c1-12(23(26,27)28)31-39(36,37)14-8-7-13(15(24)16(14)25)18-17(21(34)32-9-5-4-6-10-32)30-20(38-18)19(33)29-11-22(2,3)35/h7-8,12,31,35H,4-6,9-11H2,1-3H3,(H,29,33)/t12-/m0/s1. The lowest BCUT2D eigenvalue weighted by molar-refractivity contribution is -0.147. The summed E-state index contributed by atoms with van der Waals surface area (Å²) in [6, 6.07) is -0.227. The fourth-order valence-corrected chi connectivity index (χ4v) is 6.80. The summed E-state index contributed by atoms with van der Waals surface area (Å²) in [5.74, 6) is -1.13. The number of sulfonamides is 1. The molecule has 1 atom stereocenters. The maximum absolute atomic E-state index is 13.4. The molecule has 216 valence electrons. The van der Waals surface area contributed by atoms with Crippen LogP contribution in [0.1, 0.15) is 60.3 Å². The van der Waals surface area contributed by atoms with E-state index < -0.39 is 49.6 Å². The van der Waals surface area contributed by atoms with Gasteiger partial charge in [0.25, 0.3) is 11.8 Å². The van der Waals surface area contributed by atoms with Crippen LogP contribution in [0, 0.1) is 0 Å². The molecule has 0 unspecified atom stereocenters. The zero-order valence-electron chi connectivity index (χ0n) is 21.2. The Bertz CT molecular complexity index is 1350. The lowest BCUT2D eigenvalue weighted by atomic mass is 10.1. The predicted octanol–water partition coefficient (Wildman–Crippen LogP) is 4.47. The van der Waals surface area contributed by atoms with Gasteiger partial charge in [0.2, 0.25) is 10.0 Å². The first-order chi connectivity index (χ1) is 17.9. The highest BCUT2D eigenvalue weighted by molar-refractivity contribution is 7.89. The van der Waals surface area contributed by atoms with Crippen LogP contribution in [0.15, 0.2) is 17.0 Å². The Hall–Kier alpha value is -1.97. The molecule has 2 heterocycles. The molecule has 2 amide bonds. The number of carbonyl (C=O) groups is 2. The Labute approximate surface area is 237 Å². The average molecular weight is 632 g/mol. The number of rotatable bonds is 8. The first kappa shape index (κ1) is 31.6. The zero-order valence-corrected chi connectivity index (χ0v) is 24.3. The molecule has 1 saturated heterocycles. The van der Waals surface area contributed by atoms with E-state index in [4.69, 9.17) is 23.2 Å². The first-order valence-corrected chi connectivity index (χ1v) is 14.9. The van der Waals surface area contributed by atoms with Crippen molar-refractivity contribution in [3.63, 3.8) is 0 Å². The average Bonchev–Trinajstić information content (AvgIpc) is 3.28. The maximum atomic E-state index is 13.4. The Balaban J connectivity index is 2.07. The van der Waals surface area contributed by atoms with Crippen molar-refractivity contribution >= 4 is 56.4 Å². The van der Waals surface area contributed by atoms with Crippen LogP contribution in [0.3, 0.4) is 0 Å². The number of halogens is 5. The molecule has 0 saturated carbocycles. The second-order valence-electron chi connectivity index (χ2n) is 9.67. The minimum Gasteiger partial charge on any atom is -0.389 e. The van der Waals surface area contributed by atoms with Crippen LogP contribution >= 0.6 is 34.5 Å². The van der Waals surface area contributed by atoms with E-state index in [-0.39, 0.29) is 32.7 Å². The summed E-state index contributed by atoms with van der Waals surface area (Å²) in [6.07, 6.45) is -2.31. The number of hydrogen-bond donors (Lipinski definition) is 3. The van der Waals surface area contributed by atoms with Crippen LogP contribution in [0.2, 0.25) is 10.0 Å². The van der Waals surface area contributed by atoms with Crippen molar-refractivity contribution in [2.24, 2.45) is 0 Å². The fraction of sp³-hybridized carbons (Fsp3) is 0.522. The molecule has 1 fully saturated rings. The number of amides is 2. The van der Waals surface area contributed by atoms with E-state index in [1.54, 1.807) is 4.90 Å². The fourth-order valence-electron chi connectivity index (χ4n) is 3.64. The maximum Gasteiger partial charge on any atom is 0.404 e. The molecule has 39 heavy (non-hydrogen) atoms. The van der Waals surface area contributed by atoms with E-state index >= 15 is 0 Å². The molecule has 2 aromatic rings. The number of hydrogen-bond acceptors (Lipinski definition) is 7. The van der Waals surface area contributed by atoms with Crippen LogP contribution in [-0.2, 0) is 10.0 Å². The molecule has 0 aliphatic carbocycles. The van der Waals surface area contributed by atoms with Crippen LogP contribution in [-0.4, -0.2) is 72.7 Å². The van der Waals surface area contributed by atoms with E-state index in [1.807, 2.05) is 0 Å². The molecule has 3 rings (SSSR count). The molecule has 0 bridgehead atoms. The molecule has 1 aliphatic rings. The van der Waals surface area contributed by atoms with Crippen LogP contribution in [0.5, 0.6) is 0 Å². The lowest BCUT2D eigenvalue weighted by Gasteiger charge is -2.26. The monoisotopic (exact) mass is 630 g/mol. The number of thiazole rings is 1. The number of piperidine rings is 1. The number of aliphatic hydroxyl groups is 1. The third-order valence-electron chi connectivity index (χ3n) is 5.75. The summed E-state index contributed by atoms with van der Waals surface area (Å²) in [6.45, 7) is 4.48. The first-order valence-electron chi connectivity index (χ1n) is 11.8. The SMILES string of the molecule is C[C@H](NS(=O)(=O)c1ccc(-c2sc(C(=O)NCC(C)(C)O)nc2C(=O)N2CCCCC2)c(Cl)c1Cl)C(F)(F)F. The van der Waals surface area contributed by atoms with Gasteiger partial charge < -0.3 is 15.3 Å². The van der Waals surface area contributed by atoms with Crippen molar-refractivity contribution in [1.29, 1.82) is 0 Å². The summed E-state index contributed by atoms with van der Waals surface area (Å²) < 4.78 is 65.6. The molecule has 0 radical (unpaired) electrons. The third-order valence-corrected chi connectivity index (χ3v) is 9.42. The summed E-state index contributed by atoms with van der Waals surface area (Å²) in [7, 11) is -4.73. The van der Waals surface area contributed by atoms with Gasteiger partial charge in [0.1, 0.15) is 16.6 Å². The molecular weight excluding hydrogens is 604 g/mol. The summed E-state index contributed by atoms with van der Waals surface area (Å²) in [4.78, 5) is 31.4. The van der Waals surface area contributed by atoms with Gasteiger partial charge >= 0.3 is 6.18 Å².